The standard InChI is InChI=1S/C18H16N2O/c19-12-15-10-11-20-13-18(15)21-17-9-5-4-8-16(17)14-6-2-1-3-7-14/h1-11,13H,12,19H2. The van der Waals surface area contributed by atoms with Crippen molar-refractivity contribution in [3.8, 4) is 22.6 Å². The van der Waals surface area contributed by atoms with Crippen molar-refractivity contribution in [2.45, 2.75) is 6.54 Å². The normalized spacial score (nSPS) is 10.3. The summed E-state index contributed by atoms with van der Waals surface area (Å²) in [6.45, 7) is 0.422. The van der Waals surface area contributed by atoms with Gasteiger partial charge in [-0.3, -0.25) is 4.98 Å². The summed E-state index contributed by atoms with van der Waals surface area (Å²) in [5.41, 5.74) is 8.85. The molecule has 2 N–H and O–H groups in total. The van der Waals surface area contributed by atoms with Gasteiger partial charge in [-0.15, -0.1) is 0 Å². The minimum atomic E-state index is 0.422. The summed E-state index contributed by atoms with van der Waals surface area (Å²) in [6, 6.07) is 20.0. The first kappa shape index (κ1) is 13.3. The molecule has 0 saturated heterocycles. The van der Waals surface area contributed by atoms with Crippen molar-refractivity contribution in [3.63, 3.8) is 0 Å². The Morgan fingerprint density at radius 1 is 0.857 bits per heavy atom. The summed E-state index contributed by atoms with van der Waals surface area (Å²) in [5.74, 6) is 1.50. The minimum absolute atomic E-state index is 0.422. The van der Waals surface area contributed by atoms with Gasteiger partial charge < -0.3 is 10.5 Å². The Morgan fingerprint density at radius 2 is 1.62 bits per heavy atom. The molecule has 3 nitrogen and oxygen atoms in total. The molecule has 21 heavy (non-hydrogen) atoms. The fourth-order valence-electron chi connectivity index (χ4n) is 2.20. The van der Waals surface area contributed by atoms with Crippen molar-refractivity contribution in [1.82, 2.24) is 4.98 Å². The number of benzene rings is 2. The summed E-state index contributed by atoms with van der Waals surface area (Å²) in [5, 5.41) is 0. The number of pyridine rings is 1. The molecule has 1 aromatic heterocycles. The van der Waals surface area contributed by atoms with Crippen molar-refractivity contribution in [2.24, 2.45) is 5.73 Å². The van der Waals surface area contributed by atoms with Gasteiger partial charge in [0.1, 0.15) is 11.5 Å². The third kappa shape index (κ3) is 2.93. The van der Waals surface area contributed by atoms with Crippen LogP contribution >= 0.6 is 0 Å². The van der Waals surface area contributed by atoms with Gasteiger partial charge in [0.15, 0.2) is 0 Å². The quantitative estimate of drug-likeness (QED) is 0.783. The molecule has 0 aliphatic heterocycles. The molecule has 0 atom stereocenters. The maximum atomic E-state index is 6.04. The van der Waals surface area contributed by atoms with Crippen LogP contribution in [-0.4, -0.2) is 4.98 Å². The Kier molecular flexibility index (Phi) is 3.94. The predicted molar refractivity (Wildman–Crippen MR) is 84.1 cm³/mol. The van der Waals surface area contributed by atoms with Crippen LogP contribution in [0.25, 0.3) is 11.1 Å². The van der Waals surface area contributed by atoms with Crippen LogP contribution in [0, 0.1) is 0 Å². The highest BCUT2D eigenvalue weighted by Gasteiger charge is 2.09. The Balaban J connectivity index is 2.00. The molecule has 0 saturated carbocycles. The van der Waals surface area contributed by atoms with Gasteiger partial charge in [0.2, 0.25) is 0 Å². The largest absolute Gasteiger partial charge is 0.455 e. The van der Waals surface area contributed by atoms with E-state index < -0.39 is 0 Å². The molecule has 0 unspecified atom stereocenters. The second-order valence-corrected chi connectivity index (χ2v) is 4.65. The lowest BCUT2D eigenvalue weighted by atomic mass is 10.0. The smallest absolute Gasteiger partial charge is 0.150 e. The second-order valence-electron chi connectivity index (χ2n) is 4.65. The van der Waals surface area contributed by atoms with E-state index in [1.54, 1.807) is 12.4 Å². The van der Waals surface area contributed by atoms with Gasteiger partial charge >= 0.3 is 0 Å². The molecule has 104 valence electrons. The summed E-state index contributed by atoms with van der Waals surface area (Å²) < 4.78 is 6.04. The van der Waals surface area contributed by atoms with E-state index in [9.17, 15) is 0 Å². The number of hydrogen-bond donors (Lipinski definition) is 1. The van der Waals surface area contributed by atoms with Gasteiger partial charge in [-0.05, 0) is 17.7 Å². The molecule has 0 aliphatic rings. The van der Waals surface area contributed by atoms with Crippen molar-refractivity contribution in [1.29, 1.82) is 0 Å². The average Bonchev–Trinajstić information content (AvgIpc) is 2.57. The van der Waals surface area contributed by atoms with Gasteiger partial charge in [-0.2, -0.15) is 0 Å². The molecular weight excluding hydrogens is 260 g/mol. The number of aromatic nitrogens is 1. The minimum Gasteiger partial charge on any atom is -0.455 e. The number of para-hydroxylation sites is 1. The molecule has 0 radical (unpaired) electrons. The number of nitrogens with zero attached hydrogens (tertiary/aromatic N) is 1. The van der Waals surface area contributed by atoms with E-state index in [1.807, 2.05) is 48.5 Å². The van der Waals surface area contributed by atoms with Gasteiger partial charge in [-0.25, -0.2) is 0 Å². The molecule has 3 aromatic rings. The van der Waals surface area contributed by atoms with Crippen LogP contribution in [-0.2, 0) is 6.54 Å². The van der Waals surface area contributed by atoms with E-state index in [0.717, 1.165) is 22.4 Å². The van der Waals surface area contributed by atoms with E-state index in [0.29, 0.717) is 12.3 Å². The lowest BCUT2D eigenvalue weighted by molar-refractivity contribution is 0.475. The zero-order chi connectivity index (χ0) is 14.5. The molecular formula is C18H16N2O. The fraction of sp³-hybridized carbons (Fsp3) is 0.0556. The SMILES string of the molecule is NCc1ccncc1Oc1ccccc1-c1ccccc1. The topological polar surface area (TPSA) is 48.1 Å². The van der Waals surface area contributed by atoms with Crippen molar-refractivity contribution in [2.75, 3.05) is 0 Å². The van der Waals surface area contributed by atoms with Crippen LogP contribution in [0.15, 0.2) is 73.1 Å². The van der Waals surface area contributed by atoms with Crippen LogP contribution in [0.4, 0.5) is 0 Å². The second kappa shape index (κ2) is 6.20. The number of ether oxygens (including phenoxy) is 1. The highest BCUT2D eigenvalue weighted by molar-refractivity contribution is 5.70. The summed E-state index contributed by atoms with van der Waals surface area (Å²) >= 11 is 0. The maximum Gasteiger partial charge on any atom is 0.150 e. The molecule has 3 rings (SSSR count). The zero-order valence-corrected chi connectivity index (χ0v) is 11.6. The van der Waals surface area contributed by atoms with Crippen molar-refractivity contribution >= 4 is 0 Å². The van der Waals surface area contributed by atoms with Crippen LogP contribution in [0.3, 0.4) is 0 Å². The Bertz CT molecular complexity index is 726. The van der Waals surface area contributed by atoms with Gasteiger partial charge in [-0.1, -0.05) is 48.5 Å². The van der Waals surface area contributed by atoms with E-state index in [1.165, 1.54) is 0 Å². The molecule has 0 fully saturated rings. The highest BCUT2D eigenvalue weighted by Crippen LogP contribution is 2.33. The molecule has 3 heteroatoms. The predicted octanol–water partition coefficient (Wildman–Crippen LogP) is 4.00. The highest BCUT2D eigenvalue weighted by atomic mass is 16.5. The third-order valence-electron chi connectivity index (χ3n) is 3.28. The van der Waals surface area contributed by atoms with Crippen molar-refractivity contribution in [3.05, 3.63) is 78.6 Å². The van der Waals surface area contributed by atoms with Gasteiger partial charge in [0.05, 0.1) is 6.20 Å². The number of hydrogen-bond acceptors (Lipinski definition) is 3. The molecule has 0 aliphatic carbocycles. The Hall–Kier alpha value is -2.65. The lowest BCUT2D eigenvalue weighted by Crippen LogP contribution is -2.00. The average molecular weight is 276 g/mol. The molecule has 0 bridgehead atoms. The Labute approximate surface area is 124 Å². The monoisotopic (exact) mass is 276 g/mol. The summed E-state index contributed by atoms with van der Waals surface area (Å²) in [6.07, 6.45) is 3.42. The summed E-state index contributed by atoms with van der Waals surface area (Å²) in [4.78, 5) is 4.11. The van der Waals surface area contributed by atoms with Gasteiger partial charge in [0.25, 0.3) is 0 Å². The van der Waals surface area contributed by atoms with Crippen LogP contribution in [0.5, 0.6) is 11.5 Å². The third-order valence-corrected chi connectivity index (χ3v) is 3.28. The van der Waals surface area contributed by atoms with Crippen LogP contribution in [0.1, 0.15) is 5.56 Å². The summed E-state index contributed by atoms with van der Waals surface area (Å²) in [7, 11) is 0. The van der Waals surface area contributed by atoms with Gasteiger partial charge in [0, 0.05) is 23.9 Å². The zero-order valence-electron chi connectivity index (χ0n) is 11.6. The Morgan fingerprint density at radius 3 is 2.43 bits per heavy atom. The maximum absolute atomic E-state index is 6.04. The number of rotatable bonds is 4. The first-order valence-corrected chi connectivity index (χ1v) is 6.84. The van der Waals surface area contributed by atoms with Crippen LogP contribution in [0.2, 0.25) is 0 Å². The van der Waals surface area contributed by atoms with E-state index in [-0.39, 0.29) is 0 Å². The van der Waals surface area contributed by atoms with E-state index >= 15 is 0 Å². The van der Waals surface area contributed by atoms with E-state index in [4.69, 9.17) is 10.5 Å². The first-order valence-electron chi connectivity index (χ1n) is 6.84. The van der Waals surface area contributed by atoms with Crippen LogP contribution < -0.4 is 10.5 Å². The first-order chi connectivity index (χ1) is 10.4. The molecule has 0 amide bonds. The lowest BCUT2D eigenvalue weighted by Gasteiger charge is -2.13. The van der Waals surface area contributed by atoms with Crippen molar-refractivity contribution < 1.29 is 4.74 Å². The number of nitrogens with two attached hydrogens (primary N) is 1. The van der Waals surface area contributed by atoms with E-state index in [2.05, 4.69) is 17.1 Å². The fourth-order valence-corrected chi connectivity index (χ4v) is 2.20. The molecule has 1 heterocycles. The molecule has 2 aromatic carbocycles. The molecule has 0 spiro atoms.